The van der Waals surface area contributed by atoms with Gasteiger partial charge in [-0.15, -0.1) is 0 Å². The summed E-state index contributed by atoms with van der Waals surface area (Å²) in [5, 5.41) is 3.31. The minimum atomic E-state index is -4.79. The van der Waals surface area contributed by atoms with Crippen LogP contribution in [0.4, 0.5) is 18.9 Å². The number of amides is 1. The van der Waals surface area contributed by atoms with Crippen molar-refractivity contribution in [2.75, 3.05) is 24.2 Å². The highest BCUT2D eigenvalue weighted by Gasteiger charge is 2.34. The second kappa shape index (κ2) is 9.56. The molecule has 7 nitrogen and oxygen atoms in total. The van der Waals surface area contributed by atoms with E-state index >= 15 is 0 Å². The Morgan fingerprint density at radius 2 is 1.81 bits per heavy atom. The van der Waals surface area contributed by atoms with Crippen molar-refractivity contribution in [2.45, 2.75) is 13.1 Å². The predicted molar refractivity (Wildman–Crippen MR) is 112 cm³/mol. The fourth-order valence-corrected chi connectivity index (χ4v) is 3.57. The van der Waals surface area contributed by atoms with Crippen molar-refractivity contribution in [3.63, 3.8) is 0 Å². The van der Waals surface area contributed by atoms with Crippen LogP contribution in [0.25, 0.3) is 0 Å². The van der Waals surface area contributed by atoms with Crippen LogP contribution in [0.15, 0.2) is 47.6 Å². The number of anilines is 1. The van der Waals surface area contributed by atoms with Crippen molar-refractivity contribution in [3.05, 3.63) is 58.6 Å². The van der Waals surface area contributed by atoms with Crippen molar-refractivity contribution in [3.8, 4) is 5.75 Å². The van der Waals surface area contributed by atoms with Gasteiger partial charge in [0.05, 0.1) is 35.4 Å². The van der Waals surface area contributed by atoms with Gasteiger partial charge in [-0.3, -0.25) is 9.10 Å². The summed E-state index contributed by atoms with van der Waals surface area (Å²) in [6.07, 6.45) is -4.02. The summed E-state index contributed by atoms with van der Waals surface area (Å²) in [4.78, 5) is 12.3. The molecule has 1 amide bonds. The molecule has 0 spiro atoms. The average molecular weight is 478 g/mol. The molecule has 0 unspecified atom stereocenters. The SMILES string of the molecule is COc1ccc(/C(C)=N\NC(=O)CN(c2ccc(Cl)c(C(F)(F)F)c2)S(C)(=O)=O)cc1. The van der Waals surface area contributed by atoms with Crippen LogP contribution in [0, 0.1) is 0 Å². The lowest BCUT2D eigenvalue weighted by molar-refractivity contribution is -0.137. The number of hydrazone groups is 1. The minimum Gasteiger partial charge on any atom is -0.497 e. The van der Waals surface area contributed by atoms with E-state index in [1.165, 1.54) is 7.11 Å². The van der Waals surface area contributed by atoms with Crippen molar-refractivity contribution in [1.82, 2.24) is 5.43 Å². The molecule has 1 N–H and O–H groups in total. The highest BCUT2D eigenvalue weighted by Crippen LogP contribution is 2.37. The lowest BCUT2D eigenvalue weighted by Gasteiger charge is -2.22. The maximum Gasteiger partial charge on any atom is 0.417 e. The van der Waals surface area contributed by atoms with Crippen molar-refractivity contribution in [1.29, 1.82) is 0 Å². The van der Waals surface area contributed by atoms with E-state index in [1.807, 2.05) is 0 Å². The first kappa shape index (κ1) is 24.5. The van der Waals surface area contributed by atoms with Crippen LogP contribution in [-0.4, -0.2) is 39.9 Å². The smallest absolute Gasteiger partial charge is 0.417 e. The van der Waals surface area contributed by atoms with Crippen LogP contribution >= 0.6 is 11.6 Å². The normalized spacial score (nSPS) is 12.4. The minimum absolute atomic E-state index is 0.356. The van der Waals surface area contributed by atoms with Gasteiger partial charge in [0.1, 0.15) is 12.3 Å². The molecule has 0 saturated heterocycles. The Bertz CT molecular complexity index is 1090. The van der Waals surface area contributed by atoms with E-state index in [9.17, 15) is 26.4 Å². The molecule has 0 fully saturated rings. The van der Waals surface area contributed by atoms with Gasteiger partial charge in [0.2, 0.25) is 10.0 Å². The predicted octanol–water partition coefficient (Wildman–Crippen LogP) is 3.67. The fourth-order valence-electron chi connectivity index (χ4n) is 2.49. The van der Waals surface area contributed by atoms with E-state index in [4.69, 9.17) is 16.3 Å². The quantitative estimate of drug-likeness (QED) is 0.487. The second-order valence-corrected chi connectivity index (χ2v) is 8.71. The van der Waals surface area contributed by atoms with Crippen LogP contribution in [0.5, 0.6) is 5.75 Å². The molecule has 2 rings (SSSR count). The first-order valence-electron chi connectivity index (χ1n) is 8.65. The fraction of sp³-hybridized carbons (Fsp3) is 0.263. The van der Waals surface area contributed by atoms with Crippen LogP contribution in [-0.2, 0) is 21.0 Å². The maximum absolute atomic E-state index is 13.1. The Balaban J connectivity index is 2.22. The zero-order valence-corrected chi connectivity index (χ0v) is 18.3. The molecule has 12 heteroatoms. The largest absolute Gasteiger partial charge is 0.497 e. The Hall–Kier alpha value is -2.79. The number of hydrogen-bond donors (Lipinski definition) is 1. The monoisotopic (exact) mass is 477 g/mol. The number of rotatable bonds is 7. The van der Waals surface area contributed by atoms with Gasteiger partial charge in [-0.1, -0.05) is 11.6 Å². The van der Waals surface area contributed by atoms with Gasteiger partial charge < -0.3 is 4.74 Å². The van der Waals surface area contributed by atoms with Crippen molar-refractivity contribution >= 4 is 38.9 Å². The zero-order chi connectivity index (χ0) is 23.4. The number of ether oxygens (including phenoxy) is 1. The number of carbonyl (C=O) groups is 1. The topological polar surface area (TPSA) is 88.1 Å². The summed E-state index contributed by atoms with van der Waals surface area (Å²) in [5.41, 5.74) is 1.73. The molecular weight excluding hydrogens is 459 g/mol. The van der Waals surface area contributed by atoms with Crippen LogP contribution in [0.2, 0.25) is 5.02 Å². The number of sulfonamides is 1. The molecule has 0 saturated carbocycles. The van der Waals surface area contributed by atoms with E-state index in [-0.39, 0.29) is 5.69 Å². The number of nitrogens with zero attached hydrogens (tertiary/aromatic N) is 2. The molecule has 168 valence electrons. The third kappa shape index (κ3) is 6.59. The molecular formula is C19H19ClF3N3O4S. The Labute approximate surface area is 182 Å². The number of alkyl halides is 3. The molecule has 0 heterocycles. The first-order chi connectivity index (χ1) is 14.3. The van der Waals surface area contributed by atoms with Crippen LogP contribution in [0.3, 0.4) is 0 Å². The number of methoxy groups -OCH3 is 1. The average Bonchev–Trinajstić information content (AvgIpc) is 2.69. The van der Waals surface area contributed by atoms with Crippen LogP contribution in [0.1, 0.15) is 18.1 Å². The number of hydrogen-bond acceptors (Lipinski definition) is 5. The van der Waals surface area contributed by atoms with Gasteiger partial charge in [0.25, 0.3) is 5.91 Å². The van der Waals surface area contributed by atoms with Gasteiger partial charge in [0.15, 0.2) is 0 Å². The zero-order valence-electron chi connectivity index (χ0n) is 16.7. The summed E-state index contributed by atoms with van der Waals surface area (Å²) in [5.74, 6) is -0.215. The van der Waals surface area contributed by atoms with Crippen molar-refractivity contribution < 1.29 is 31.1 Å². The molecule has 2 aromatic carbocycles. The maximum atomic E-state index is 13.1. The molecule has 0 aliphatic carbocycles. The first-order valence-corrected chi connectivity index (χ1v) is 10.9. The number of nitrogens with one attached hydrogen (secondary N) is 1. The molecule has 0 atom stereocenters. The van der Waals surface area contributed by atoms with Gasteiger partial charge in [-0.2, -0.15) is 18.3 Å². The third-order valence-electron chi connectivity index (χ3n) is 4.09. The lowest BCUT2D eigenvalue weighted by Crippen LogP contribution is -2.39. The molecule has 0 aliphatic rings. The third-order valence-corrected chi connectivity index (χ3v) is 5.56. The van der Waals surface area contributed by atoms with E-state index < -0.39 is 39.2 Å². The second-order valence-electron chi connectivity index (χ2n) is 6.39. The van der Waals surface area contributed by atoms with Gasteiger partial charge in [-0.25, -0.2) is 13.8 Å². The summed E-state index contributed by atoms with van der Waals surface area (Å²) in [6.45, 7) is 0.836. The summed E-state index contributed by atoms with van der Waals surface area (Å²) >= 11 is 5.57. The Morgan fingerprint density at radius 1 is 1.19 bits per heavy atom. The standard InChI is InChI=1S/C19H19ClF3N3O4S/c1-12(13-4-7-15(30-2)8-5-13)24-25-18(27)11-26(31(3,28)29)14-6-9-17(20)16(10-14)19(21,22)23/h4-10H,11H2,1-3H3,(H,25,27)/b24-12-. The summed E-state index contributed by atoms with van der Waals surface area (Å²) in [6, 6.07) is 9.38. The van der Waals surface area contributed by atoms with Crippen LogP contribution < -0.4 is 14.5 Å². The van der Waals surface area contributed by atoms with Gasteiger partial charge in [0, 0.05) is 0 Å². The number of halogens is 4. The number of benzene rings is 2. The lowest BCUT2D eigenvalue weighted by atomic mass is 10.1. The highest BCUT2D eigenvalue weighted by atomic mass is 35.5. The number of carbonyl (C=O) groups excluding carboxylic acids is 1. The van der Waals surface area contributed by atoms with E-state index in [0.717, 1.165) is 18.4 Å². The summed E-state index contributed by atoms with van der Waals surface area (Å²) in [7, 11) is -2.57. The van der Waals surface area contributed by atoms with E-state index in [0.29, 0.717) is 27.4 Å². The molecule has 31 heavy (non-hydrogen) atoms. The Morgan fingerprint density at radius 3 is 2.32 bits per heavy atom. The van der Waals surface area contributed by atoms with E-state index in [1.54, 1.807) is 31.2 Å². The summed E-state index contributed by atoms with van der Waals surface area (Å²) < 4.78 is 69.2. The van der Waals surface area contributed by atoms with Crippen molar-refractivity contribution in [2.24, 2.45) is 5.10 Å². The molecule has 0 radical (unpaired) electrons. The molecule has 2 aromatic rings. The van der Waals surface area contributed by atoms with E-state index in [2.05, 4.69) is 10.5 Å². The molecule has 0 bridgehead atoms. The molecule has 0 aliphatic heterocycles. The Kier molecular flexibility index (Phi) is 7.55. The van der Waals surface area contributed by atoms with Gasteiger partial charge >= 0.3 is 6.18 Å². The highest BCUT2D eigenvalue weighted by molar-refractivity contribution is 7.92. The van der Waals surface area contributed by atoms with Gasteiger partial charge in [-0.05, 0) is 55.0 Å². The molecule has 0 aromatic heterocycles.